The minimum absolute atomic E-state index is 0.137. The molecule has 0 bridgehead atoms. The summed E-state index contributed by atoms with van der Waals surface area (Å²) in [7, 11) is 0. The molecule has 68 valence electrons. The molecule has 0 spiro atoms. The van der Waals surface area contributed by atoms with Gasteiger partial charge in [-0.05, 0) is 0 Å². The molecule has 0 aliphatic rings. The number of fused-ring (bicyclic) bond motifs is 1. The van der Waals surface area contributed by atoms with Crippen LogP contribution in [-0.4, -0.2) is 19.6 Å². The SMILES string of the molecule is O=c1[nH]nc2c(C(F)F)nccn12. The summed E-state index contributed by atoms with van der Waals surface area (Å²) in [6, 6.07) is 0. The topological polar surface area (TPSA) is 63.0 Å². The highest BCUT2D eigenvalue weighted by molar-refractivity contribution is 5.42. The lowest BCUT2D eigenvalue weighted by molar-refractivity contribution is 0.147. The average molecular weight is 186 g/mol. The third-order valence-corrected chi connectivity index (χ3v) is 1.57. The van der Waals surface area contributed by atoms with E-state index >= 15 is 0 Å². The van der Waals surface area contributed by atoms with Crippen molar-refractivity contribution in [1.29, 1.82) is 0 Å². The Hall–Kier alpha value is -1.79. The van der Waals surface area contributed by atoms with Crippen LogP contribution in [0.3, 0.4) is 0 Å². The van der Waals surface area contributed by atoms with Crippen LogP contribution >= 0.6 is 0 Å². The molecule has 2 rings (SSSR count). The maximum atomic E-state index is 12.3. The summed E-state index contributed by atoms with van der Waals surface area (Å²) in [6.07, 6.45) is -0.336. The van der Waals surface area contributed by atoms with Crippen molar-refractivity contribution in [1.82, 2.24) is 19.6 Å². The fourth-order valence-corrected chi connectivity index (χ4v) is 1.02. The van der Waals surface area contributed by atoms with Gasteiger partial charge in [0.25, 0.3) is 6.43 Å². The third kappa shape index (κ3) is 1.08. The first-order valence-corrected chi connectivity index (χ1v) is 3.40. The number of aromatic amines is 1. The normalized spacial score (nSPS) is 11.3. The van der Waals surface area contributed by atoms with Gasteiger partial charge in [0.15, 0.2) is 11.3 Å². The van der Waals surface area contributed by atoms with E-state index in [1.165, 1.54) is 6.20 Å². The lowest BCUT2D eigenvalue weighted by Crippen LogP contribution is -2.09. The van der Waals surface area contributed by atoms with Crippen LogP contribution in [0.15, 0.2) is 17.2 Å². The Labute approximate surface area is 70.0 Å². The number of H-pyrrole nitrogens is 1. The summed E-state index contributed by atoms with van der Waals surface area (Å²) >= 11 is 0. The molecule has 1 N–H and O–H groups in total. The van der Waals surface area contributed by atoms with Gasteiger partial charge < -0.3 is 0 Å². The van der Waals surface area contributed by atoms with Gasteiger partial charge in [-0.1, -0.05) is 0 Å². The molecule has 5 nitrogen and oxygen atoms in total. The van der Waals surface area contributed by atoms with Crippen molar-refractivity contribution >= 4 is 5.65 Å². The molecule has 2 heterocycles. The molecule has 0 saturated carbocycles. The molecule has 0 aliphatic heterocycles. The van der Waals surface area contributed by atoms with Gasteiger partial charge in [-0.15, -0.1) is 0 Å². The Morgan fingerprint density at radius 3 is 3.00 bits per heavy atom. The molecule has 0 amide bonds. The van der Waals surface area contributed by atoms with E-state index in [0.29, 0.717) is 0 Å². The van der Waals surface area contributed by atoms with E-state index in [4.69, 9.17) is 0 Å². The van der Waals surface area contributed by atoms with E-state index < -0.39 is 17.8 Å². The molecule has 0 atom stereocenters. The van der Waals surface area contributed by atoms with Crippen LogP contribution in [0.1, 0.15) is 12.1 Å². The first-order chi connectivity index (χ1) is 6.20. The summed E-state index contributed by atoms with van der Waals surface area (Å²) in [5, 5.41) is 5.48. The second-order valence-corrected chi connectivity index (χ2v) is 2.34. The molecule has 0 unspecified atom stereocenters. The van der Waals surface area contributed by atoms with Crippen molar-refractivity contribution in [3.63, 3.8) is 0 Å². The van der Waals surface area contributed by atoms with Crippen LogP contribution in [-0.2, 0) is 0 Å². The molecular formula is C6H4F2N4O. The first-order valence-electron chi connectivity index (χ1n) is 3.40. The molecule has 2 aromatic heterocycles. The standard InChI is InChI=1S/C6H4F2N4O/c7-4(8)3-5-10-11-6(13)12(5)2-1-9-3/h1-2,4H,(H,11,13). The van der Waals surface area contributed by atoms with Gasteiger partial charge in [0, 0.05) is 12.4 Å². The van der Waals surface area contributed by atoms with Crippen LogP contribution in [0.4, 0.5) is 8.78 Å². The quantitative estimate of drug-likeness (QED) is 0.699. The van der Waals surface area contributed by atoms with Crippen LogP contribution in [0, 0.1) is 0 Å². The molecule has 2 aromatic rings. The smallest absolute Gasteiger partial charge is 0.250 e. The van der Waals surface area contributed by atoms with Gasteiger partial charge in [-0.25, -0.2) is 28.1 Å². The van der Waals surface area contributed by atoms with E-state index in [1.54, 1.807) is 0 Å². The van der Waals surface area contributed by atoms with Gasteiger partial charge >= 0.3 is 5.69 Å². The maximum absolute atomic E-state index is 12.3. The lowest BCUT2D eigenvalue weighted by atomic mass is 10.4. The van der Waals surface area contributed by atoms with E-state index in [0.717, 1.165) is 10.6 Å². The largest absolute Gasteiger partial charge is 0.347 e. The zero-order chi connectivity index (χ0) is 9.42. The number of hydrogen-bond acceptors (Lipinski definition) is 3. The fraction of sp³-hybridized carbons (Fsp3) is 0.167. The Balaban J connectivity index is 2.84. The number of aromatic nitrogens is 4. The number of rotatable bonds is 1. The lowest BCUT2D eigenvalue weighted by Gasteiger charge is -1.97. The molecule has 0 saturated heterocycles. The van der Waals surface area contributed by atoms with Gasteiger partial charge in [0.1, 0.15) is 0 Å². The van der Waals surface area contributed by atoms with E-state index in [9.17, 15) is 13.6 Å². The Morgan fingerprint density at radius 2 is 2.31 bits per heavy atom. The predicted octanol–water partition coefficient (Wildman–Crippen LogP) is 0.355. The molecule has 7 heteroatoms. The zero-order valence-corrected chi connectivity index (χ0v) is 6.24. The van der Waals surface area contributed by atoms with Crippen LogP contribution in [0.5, 0.6) is 0 Å². The van der Waals surface area contributed by atoms with Crippen LogP contribution in [0.2, 0.25) is 0 Å². The van der Waals surface area contributed by atoms with E-state index in [-0.39, 0.29) is 5.65 Å². The Morgan fingerprint density at radius 1 is 1.54 bits per heavy atom. The number of halogens is 2. The van der Waals surface area contributed by atoms with Crippen LogP contribution < -0.4 is 5.69 Å². The Bertz CT molecular complexity index is 489. The number of alkyl halides is 2. The number of nitrogens with zero attached hydrogens (tertiary/aromatic N) is 3. The minimum Gasteiger partial charge on any atom is -0.250 e. The summed E-state index contributed by atoms with van der Waals surface area (Å²) in [5.74, 6) is 0. The average Bonchev–Trinajstić information content (AvgIpc) is 2.48. The summed E-state index contributed by atoms with van der Waals surface area (Å²) in [4.78, 5) is 14.4. The van der Waals surface area contributed by atoms with Gasteiger partial charge in [-0.2, -0.15) is 5.10 Å². The Kier molecular flexibility index (Phi) is 1.57. The molecule has 0 aromatic carbocycles. The maximum Gasteiger partial charge on any atom is 0.347 e. The molecular weight excluding hydrogens is 182 g/mol. The van der Waals surface area contributed by atoms with E-state index in [1.807, 2.05) is 0 Å². The van der Waals surface area contributed by atoms with Crippen molar-refractivity contribution in [3.05, 3.63) is 28.6 Å². The molecule has 0 aliphatic carbocycles. The molecule has 0 fully saturated rings. The van der Waals surface area contributed by atoms with Crippen molar-refractivity contribution in [2.75, 3.05) is 0 Å². The van der Waals surface area contributed by atoms with Crippen molar-refractivity contribution < 1.29 is 8.78 Å². The molecule has 13 heavy (non-hydrogen) atoms. The first kappa shape index (κ1) is 7.84. The van der Waals surface area contributed by atoms with Gasteiger partial charge in [0.2, 0.25) is 0 Å². The second-order valence-electron chi connectivity index (χ2n) is 2.34. The highest BCUT2D eigenvalue weighted by Gasteiger charge is 2.15. The third-order valence-electron chi connectivity index (χ3n) is 1.57. The second kappa shape index (κ2) is 2.61. The minimum atomic E-state index is -2.74. The van der Waals surface area contributed by atoms with Gasteiger partial charge in [-0.3, -0.25) is 0 Å². The number of hydrogen-bond donors (Lipinski definition) is 1. The van der Waals surface area contributed by atoms with Crippen molar-refractivity contribution in [2.45, 2.75) is 6.43 Å². The zero-order valence-electron chi connectivity index (χ0n) is 6.24. The van der Waals surface area contributed by atoms with E-state index in [2.05, 4.69) is 15.2 Å². The fourth-order valence-electron chi connectivity index (χ4n) is 1.02. The van der Waals surface area contributed by atoms with Crippen molar-refractivity contribution in [2.24, 2.45) is 0 Å². The predicted molar refractivity (Wildman–Crippen MR) is 38.6 cm³/mol. The molecule has 0 radical (unpaired) electrons. The van der Waals surface area contributed by atoms with Gasteiger partial charge in [0.05, 0.1) is 0 Å². The van der Waals surface area contributed by atoms with Crippen LogP contribution in [0.25, 0.3) is 5.65 Å². The monoisotopic (exact) mass is 186 g/mol. The highest BCUT2D eigenvalue weighted by Crippen LogP contribution is 2.18. The number of nitrogens with one attached hydrogen (secondary N) is 1. The highest BCUT2D eigenvalue weighted by atomic mass is 19.3. The summed E-state index contributed by atoms with van der Waals surface area (Å²) in [6.45, 7) is 0. The van der Waals surface area contributed by atoms with Crippen molar-refractivity contribution in [3.8, 4) is 0 Å². The summed E-state index contributed by atoms with van der Waals surface area (Å²) in [5.41, 5.74) is -1.19. The summed E-state index contributed by atoms with van der Waals surface area (Å²) < 4.78 is 25.5.